The molecule has 0 radical (unpaired) electrons. The Bertz CT molecular complexity index is 756. The zero-order chi connectivity index (χ0) is 16.0. The van der Waals surface area contributed by atoms with Gasteiger partial charge in [-0.1, -0.05) is 34.1 Å². The number of methoxy groups -OCH3 is 1. The molecule has 1 amide bonds. The Kier molecular flexibility index (Phi) is 3.64. The summed E-state index contributed by atoms with van der Waals surface area (Å²) < 4.78 is 6.50. The van der Waals surface area contributed by atoms with E-state index in [-0.39, 0.29) is 17.9 Å². The highest BCUT2D eigenvalue weighted by Crippen LogP contribution is 2.45. The standard InChI is InChI=1S/C19H18BrNO2/c1-23-14-6-7-15-16(10-14)17(12-2-4-13(20)5-3-12)11-21-18(15)8-9-19(21)22/h2-7,10,17-18H,8-9,11H2,1H3/t17-,18+/m1/s1. The fourth-order valence-corrected chi connectivity index (χ4v) is 4.11. The summed E-state index contributed by atoms with van der Waals surface area (Å²) in [6.07, 6.45) is 1.58. The summed E-state index contributed by atoms with van der Waals surface area (Å²) in [5.74, 6) is 1.36. The minimum absolute atomic E-state index is 0.200. The SMILES string of the molecule is COc1ccc2c(c1)[C@@H](c1ccc(Br)cc1)CN1C(=O)CC[C@@H]21. The van der Waals surface area contributed by atoms with Crippen molar-refractivity contribution < 1.29 is 9.53 Å². The third-order valence-corrected chi connectivity index (χ3v) is 5.54. The molecule has 2 aromatic carbocycles. The molecule has 2 atom stereocenters. The van der Waals surface area contributed by atoms with Crippen molar-refractivity contribution in [3.8, 4) is 5.75 Å². The molecule has 0 saturated carbocycles. The normalized spacial score (nSPS) is 22.7. The summed E-state index contributed by atoms with van der Waals surface area (Å²) in [5, 5.41) is 0. The van der Waals surface area contributed by atoms with Crippen LogP contribution in [0.25, 0.3) is 0 Å². The minimum atomic E-state index is 0.200. The van der Waals surface area contributed by atoms with Gasteiger partial charge in [-0.15, -0.1) is 0 Å². The number of halogens is 1. The van der Waals surface area contributed by atoms with Crippen molar-refractivity contribution in [3.63, 3.8) is 0 Å². The molecule has 2 aliphatic rings. The van der Waals surface area contributed by atoms with E-state index in [1.807, 2.05) is 6.07 Å². The molecule has 2 heterocycles. The maximum absolute atomic E-state index is 12.3. The summed E-state index contributed by atoms with van der Waals surface area (Å²) >= 11 is 3.49. The molecule has 4 rings (SSSR count). The zero-order valence-corrected chi connectivity index (χ0v) is 14.5. The van der Waals surface area contributed by atoms with Crippen LogP contribution in [0, 0.1) is 0 Å². The lowest BCUT2D eigenvalue weighted by atomic mass is 9.81. The number of carbonyl (C=O) groups is 1. The highest BCUT2D eigenvalue weighted by atomic mass is 79.9. The largest absolute Gasteiger partial charge is 0.497 e. The fraction of sp³-hybridized carbons (Fsp3) is 0.316. The van der Waals surface area contributed by atoms with Crippen LogP contribution < -0.4 is 4.74 Å². The molecular formula is C19H18BrNO2. The first-order valence-electron chi connectivity index (χ1n) is 7.90. The van der Waals surface area contributed by atoms with Gasteiger partial charge in [-0.25, -0.2) is 0 Å². The van der Waals surface area contributed by atoms with Crippen molar-refractivity contribution in [2.45, 2.75) is 24.8 Å². The van der Waals surface area contributed by atoms with Crippen LogP contribution in [0.1, 0.15) is 41.5 Å². The molecule has 2 aliphatic heterocycles. The second-order valence-electron chi connectivity index (χ2n) is 6.20. The predicted molar refractivity (Wildman–Crippen MR) is 92.7 cm³/mol. The van der Waals surface area contributed by atoms with Gasteiger partial charge in [0.2, 0.25) is 5.91 Å². The summed E-state index contributed by atoms with van der Waals surface area (Å²) in [6, 6.07) is 14.9. The smallest absolute Gasteiger partial charge is 0.223 e. The third kappa shape index (κ3) is 2.45. The number of ether oxygens (including phenoxy) is 1. The molecule has 1 saturated heterocycles. The minimum Gasteiger partial charge on any atom is -0.497 e. The van der Waals surface area contributed by atoms with E-state index in [0.717, 1.165) is 23.2 Å². The molecule has 1 fully saturated rings. The molecule has 2 aromatic rings. The van der Waals surface area contributed by atoms with Gasteiger partial charge in [0, 0.05) is 23.4 Å². The molecule has 118 valence electrons. The van der Waals surface area contributed by atoms with Crippen LogP contribution in [0.4, 0.5) is 0 Å². The Morgan fingerprint density at radius 1 is 1.13 bits per heavy atom. The summed E-state index contributed by atoms with van der Waals surface area (Å²) in [5.41, 5.74) is 3.80. The van der Waals surface area contributed by atoms with Crippen molar-refractivity contribution >= 4 is 21.8 Å². The Labute approximate surface area is 144 Å². The van der Waals surface area contributed by atoms with Gasteiger partial charge in [0.15, 0.2) is 0 Å². The lowest BCUT2D eigenvalue weighted by molar-refractivity contribution is -0.129. The van der Waals surface area contributed by atoms with Crippen LogP contribution in [0.5, 0.6) is 5.75 Å². The van der Waals surface area contributed by atoms with Crippen LogP contribution in [0.2, 0.25) is 0 Å². The maximum atomic E-state index is 12.3. The van der Waals surface area contributed by atoms with Gasteiger partial charge < -0.3 is 9.64 Å². The number of rotatable bonds is 2. The quantitative estimate of drug-likeness (QED) is 0.788. The van der Waals surface area contributed by atoms with E-state index < -0.39 is 0 Å². The average Bonchev–Trinajstić information content (AvgIpc) is 2.95. The molecule has 0 aliphatic carbocycles. The second kappa shape index (κ2) is 5.68. The predicted octanol–water partition coefficient (Wildman–Crippen LogP) is 4.27. The Balaban J connectivity index is 1.84. The molecule has 0 bridgehead atoms. The summed E-state index contributed by atoms with van der Waals surface area (Å²) in [6.45, 7) is 0.755. The van der Waals surface area contributed by atoms with E-state index >= 15 is 0 Å². The van der Waals surface area contributed by atoms with Crippen molar-refractivity contribution in [1.82, 2.24) is 4.90 Å². The maximum Gasteiger partial charge on any atom is 0.223 e. The first-order valence-corrected chi connectivity index (χ1v) is 8.69. The second-order valence-corrected chi connectivity index (χ2v) is 7.12. The number of amides is 1. The Hall–Kier alpha value is -1.81. The van der Waals surface area contributed by atoms with Crippen LogP contribution in [-0.2, 0) is 4.79 Å². The van der Waals surface area contributed by atoms with E-state index in [4.69, 9.17) is 4.74 Å². The van der Waals surface area contributed by atoms with Gasteiger partial charge in [-0.3, -0.25) is 4.79 Å². The first kappa shape index (κ1) is 14.8. The van der Waals surface area contributed by atoms with Crippen molar-refractivity contribution in [3.05, 3.63) is 63.6 Å². The molecular weight excluding hydrogens is 354 g/mol. The molecule has 23 heavy (non-hydrogen) atoms. The van der Waals surface area contributed by atoms with E-state index in [2.05, 4.69) is 57.2 Å². The summed E-state index contributed by atoms with van der Waals surface area (Å²) in [4.78, 5) is 14.3. The van der Waals surface area contributed by atoms with Crippen LogP contribution in [0.15, 0.2) is 46.9 Å². The van der Waals surface area contributed by atoms with E-state index in [0.29, 0.717) is 6.42 Å². The molecule has 0 N–H and O–H groups in total. The van der Waals surface area contributed by atoms with E-state index in [9.17, 15) is 4.79 Å². The number of nitrogens with zero attached hydrogens (tertiary/aromatic N) is 1. The van der Waals surface area contributed by atoms with Crippen LogP contribution >= 0.6 is 15.9 Å². The number of hydrogen-bond donors (Lipinski definition) is 0. The van der Waals surface area contributed by atoms with Crippen LogP contribution in [0.3, 0.4) is 0 Å². The van der Waals surface area contributed by atoms with Gasteiger partial charge in [0.05, 0.1) is 13.2 Å². The van der Waals surface area contributed by atoms with Crippen molar-refractivity contribution in [1.29, 1.82) is 0 Å². The highest BCUT2D eigenvalue weighted by Gasteiger charge is 2.40. The number of benzene rings is 2. The first-order chi connectivity index (χ1) is 11.2. The third-order valence-electron chi connectivity index (χ3n) is 5.01. The molecule has 3 nitrogen and oxygen atoms in total. The van der Waals surface area contributed by atoms with Crippen molar-refractivity contribution in [2.24, 2.45) is 0 Å². The summed E-state index contributed by atoms with van der Waals surface area (Å²) in [7, 11) is 1.70. The lowest BCUT2D eigenvalue weighted by Gasteiger charge is -2.37. The van der Waals surface area contributed by atoms with Gasteiger partial charge in [-0.05, 0) is 47.4 Å². The van der Waals surface area contributed by atoms with Gasteiger partial charge in [0.1, 0.15) is 5.75 Å². The van der Waals surface area contributed by atoms with E-state index in [1.54, 1.807) is 7.11 Å². The van der Waals surface area contributed by atoms with Crippen molar-refractivity contribution in [2.75, 3.05) is 13.7 Å². The van der Waals surface area contributed by atoms with Crippen LogP contribution in [-0.4, -0.2) is 24.5 Å². The Morgan fingerprint density at radius 2 is 1.91 bits per heavy atom. The average molecular weight is 372 g/mol. The fourth-order valence-electron chi connectivity index (χ4n) is 3.85. The zero-order valence-electron chi connectivity index (χ0n) is 13.0. The molecule has 0 unspecified atom stereocenters. The molecule has 0 spiro atoms. The number of hydrogen-bond acceptors (Lipinski definition) is 2. The molecule has 4 heteroatoms. The lowest BCUT2D eigenvalue weighted by Crippen LogP contribution is -2.37. The van der Waals surface area contributed by atoms with E-state index in [1.165, 1.54) is 16.7 Å². The topological polar surface area (TPSA) is 29.5 Å². The Morgan fingerprint density at radius 3 is 2.65 bits per heavy atom. The highest BCUT2D eigenvalue weighted by molar-refractivity contribution is 9.10. The van der Waals surface area contributed by atoms with Gasteiger partial charge in [-0.2, -0.15) is 0 Å². The van der Waals surface area contributed by atoms with Gasteiger partial charge in [0.25, 0.3) is 0 Å². The molecule has 0 aromatic heterocycles. The monoisotopic (exact) mass is 371 g/mol. The number of fused-ring (bicyclic) bond motifs is 3. The van der Waals surface area contributed by atoms with Gasteiger partial charge >= 0.3 is 0 Å². The number of carbonyl (C=O) groups excluding carboxylic acids is 1.